The summed E-state index contributed by atoms with van der Waals surface area (Å²) >= 11 is 0. The largest absolute Gasteiger partial charge is 0.486 e. The summed E-state index contributed by atoms with van der Waals surface area (Å²) < 4.78 is 104. The molecule has 43 heavy (non-hydrogen) atoms. The lowest BCUT2D eigenvalue weighted by Crippen LogP contribution is -2.50. The predicted octanol–water partition coefficient (Wildman–Crippen LogP) is 7.13. The maximum atomic E-state index is 14.6. The van der Waals surface area contributed by atoms with Gasteiger partial charge in [-0.05, 0) is 72.0 Å². The van der Waals surface area contributed by atoms with Crippen LogP contribution in [0.15, 0.2) is 95.9 Å². The number of alkyl halides is 3. The summed E-state index contributed by atoms with van der Waals surface area (Å²) in [5, 5.41) is 0. The van der Waals surface area contributed by atoms with Gasteiger partial charge in [0.15, 0.2) is 0 Å². The molecule has 0 saturated carbocycles. The van der Waals surface area contributed by atoms with E-state index in [1.807, 2.05) is 18.2 Å². The number of ether oxygens (including phenoxy) is 1. The molecule has 224 valence electrons. The number of fused-ring (bicyclic) bond motifs is 1. The first-order valence-corrected chi connectivity index (χ1v) is 15.1. The van der Waals surface area contributed by atoms with E-state index in [1.54, 1.807) is 0 Å². The number of sulfonamides is 1. The number of hydrogen-bond donors (Lipinski definition) is 0. The first-order valence-electron chi connectivity index (χ1n) is 13.7. The second-order valence-electron chi connectivity index (χ2n) is 10.9. The standard InChI is InChI=1S/C32H27F5N2O3S/c33-25-10-11-29(34)28(16-25)23-9-12-31-30(14-23)39(43(40,41)27-8-4-7-24(15-27)32(35,36)37)20-26(42-31)13-22-18-38(19-22)17-21-5-2-1-3-6-21/h1-12,14-16,22,26H,13,17-20H2. The molecule has 1 fully saturated rings. The molecule has 5 nitrogen and oxygen atoms in total. The summed E-state index contributed by atoms with van der Waals surface area (Å²) in [5.41, 5.74) is 0.232. The molecule has 0 radical (unpaired) electrons. The van der Waals surface area contributed by atoms with Gasteiger partial charge in [0.1, 0.15) is 23.5 Å². The minimum Gasteiger partial charge on any atom is -0.486 e. The van der Waals surface area contributed by atoms with Gasteiger partial charge in [-0.3, -0.25) is 9.21 Å². The summed E-state index contributed by atoms with van der Waals surface area (Å²) in [6.45, 7) is 2.22. The van der Waals surface area contributed by atoms with Crippen molar-refractivity contribution in [1.82, 2.24) is 4.90 Å². The van der Waals surface area contributed by atoms with Crippen molar-refractivity contribution in [1.29, 1.82) is 0 Å². The van der Waals surface area contributed by atoms with Gasteiger partial charge in [0, 0.05) is 25.2 Å². The highest BCUT2D eigenvalue weighted by atomic mass is 32.2. The number of halogens is 5. The van der Waals surface area contributed by atoms with Crippen LogP contribution >= 0.6 is 0 Å². The zero-order valence-electron chi connectivity index (χ0n) is 22.8. The average molecular weight is 615 g/mol. The monoisotopic (exact) mass is 614 g/mol. The second kappa shape index (κ2) is 11.3. The number of benzene rings is 4. The number of likely N-dealkylation sites (tertiary alicyclic amines) is 1. The summed E-state index contributed by atoms with van der Waals surface area (Å²) in [7, 11) is -4.51. The third kappa shape index (κ3) is 6.09. The minimum atomic E-state index is -4.74. The Kier molecular flexibility index (Phi) is 7.64. The van der Waals surface area contributed by atoms with E-state index >= 15 is 0 Å². The molecule has 4 aromatic carbocycles. The number of hydrogen-bond acceptors (Lipinski definition) is 4. The van der Waals surface area contributed by atoms with E-state index < -0.39 is 44.4 Å². The molecule has 1 saturated heterocycles. The molecule has 2 heterocycles. The van der Waals surface area contributed by atoms with Crippen molar-refractivity contribution in [2.45, 2.75) is 30.1 Å². The Bertz CT molecular complexity index is 1740. The quantitative estimate of drug-likeness (QED) is 0.208. The zero-order chi connectivity index (χ0) is 30.4. The van der Waals surface area contributed by atoms with Crippen molar-refractivity contribution in [3.8, 4) is 16.9 Å². The van der Waals surface area contributed by atoms with Crippen molar-refractivity contribution < 1.29 is 35.1 Å². The number of rotatable bonds is 7. The molecule has 11 heteroatoms. The van der Waals surface area contributed by atoms with E-state index in [0.29, 0.717) is 12.5 Å². The third-order valence-corrected chi connectivity index (χ3v) is 9.53. The van der Waals surface area contributed by atoms with Crippen LogP contribution in [0.3, 0.4) is 0 Å². The average Bonchev–Trinajstić information content (AvgIpc) is 2.97. The Balaban J connectivity index is 1.31. The summed E-state index contributed by atoms with van der Waals surface area (Å²) in [4.78, 5) is 1.74. The van der Waals surface area contributed by atoms with Crippen molar-refractivity contribution in [3.63, 3.8) is 0 Å². The van der Waals surface area contributed by atoms with Crippen LogP contribution in [-0.2, 0) is 22.7 Å². The zero-order valence-corrected chi connectivity index (χ0v) is 23.6. The topological polar surface area (TPSA) is 49.9 Å². The fourth-order valence-electron chi connectivity index (χ4n) is 5.68. The van der Waals surface area contributed by atoms with E-state index in [2.05, 4.69) is 17.0 Å². The van der Waals surface area contributed by atoms with Gasteiger partial charge in [-0.15, -0.1) is 0 Å². The second-order valence-corrected chi connectivity index (χ2v) is 12.8. The van der Waals surface area contributed by atoms with Gasteiger partial charge in [-0.25, -0.2) is 17.2 Å². The van der Waals surface area contributed by atoms with Gasteiger partial charge in [-0.1, -0.05) is 42.5 Å². The lowest BCUT2D eigenvalue weighted by atomic mass is 9.92. The molecular weight excluding hydrogens is 587 g/mol. The van der Waals surface area contributed by atoms with Crippen LogP contribution in [0.5, 0.6) is 5.75 Å². The smallest absolute Gasteiger partial charge is 0.416 e. The Hall–Kier alpha value is -3.96. The molecule has 1 atom stereocenters. The molecule has 6 rings (SSSR count). The SMILES string of the molecule is O=S(=O)(c1cccc(C(F)(F)F)c1)N1CC(CC2CN(Cc3ccccc3)C2)Oc2ccc(-c3cc(F)ccc3F)cc21. The van der Waals surface area contributed by atoms with Crippen LogP contribution in [0.2, 0.25) is 0 Å². The van der Waals surface area contributed by atoms with Gasteiger partial charge < -0.3 is 4.74 Å². The molecular formula is C32H27F5N2O3S. The van der Waals surface area contributed by atoms with Crippen molar-refractivity contribution in [2.75, 3.05) is 23.9 Å². The fraction of sp³-hybridized carbons (Fsp3) is 0.250. The van der Waals surface area contributed by atoms with Gasteiger partial charge in [0.2, 0.25) is 0 Å². The Morgan fingerprint density at radius 3 is 2.35 bits per heavy atom. The van der Waals surface area contributed by atoms with E-state index in [1.165, 1.54) is 23.8 Å². The summed E-state index contributed by atoms with van der Waals surface area (Å²) in [6.07, 6.45) is -4.79. The maximum absolute atomic E-state index is 14.6. The third-order valence-electron chi connectivity index (χ3n) is 7.76. The molecule has 4 aromatic rings. The molecule has 0 aliphatic carbocycles. The fourth-order valence-corrected chi connectivity index (χ4v) is 7.22. The van der Waals surface area contributed by atoms with Crippen molar-refractivity contribution in [2.24, 2.45) is 5.92 Å². The molecule has 2 aliphatic rings. The molecule has 0 aromatic heterocycles. The highest BCUT2D eigenvalue weighted by molar-refractivity contribution is 7.92. The van der Waals surface area contributed by atoms with E-state index in [-0.39, 0.29) is 35.0 Å². The van der Waals surface area contributed by atoms with Gasteiger partial charge >= 0.3 is 6.18 Å². The molecule has 0 amide bonds. The van der Waals surface area contributed by atoms with Gasteiger partial charge in [0.25, 0.3) is 10.0 Å². The van der Waals surface area contributed by atoms with Crippen LogP contribution in [0, 0.1) is 17.6 Å². The van der Waals surface area contributed by atoms with E-state index in [4.69, 9.17) is 4.74 Å². The molecule has 0 N–H and O–H groups in total. The van der Waals surface area contributed by atoms with Crippen molar-refractivity contribution >= 4 is 15.7 Å². The predicted molar refractivity (Wildman–Crippen MR) is 152 cm³/mol. The Morgan fingerprint density at radius 1 is 0.837 bits per heavy atom. The molecule has 2 aliphatic heterocycles. The van der Waals surface area contributed by atoms with Crippen LogP contribution in [0.4, 0.5) is 27.6 Å². The van der Waals surface area contributed by atoms with E-state index in [0.717, 1.165) is 60.3 Å². The van der Waals surface area contributed by atoms with Crippen LogP contribution in [0.25, 0.3) is 11.1 Å². The maximum Gasteiger partial charge on any atom is 0.416 e. The highest BCUT2D eigenvalue weighted by Crippen LogP contribution is 2.42. The molecule has 0 bridgehead atoms. The summed E-state index contributed by atoms with van der Waals surface area (Å²) in [5.74, 6) is -0.976. The minimum absolute atomic E-state index is 0.0362. The summed E-state index contributed by atoms with van der Waals surface area (Å²) in [6, 6.07) is 20.8. The van der Waals surface area contributed by atoms with Crippen molar-refractivity contribution in [3.05, 3.63) is 114 Å². The Labute approximate surface area is 246 Å². The van der Waals surface area contributed by atoms with Crippen LogP contribution in [0.1, 0.15) is 17.5 Å². The Morgan fingerprint density at radius 2 is 1.60 bits per heavy atom. The van der Waals surface area contributed by atoms with E-state index in [9.17, 15) is 30.4 Å². The lowest BCUT2D eigenvalue weighted by Gasteiger charge is -2.43. The first kappa shape index (κ1) is 29.1. The molecule has 1 unspecified atom stereocenters. The number of anilines is 1. The number of nitrogens with zero attached hydrogens (tertiary/aromatic N) is 2. The van der Waals surface area contributed by atoms with Gasteiger partial charge in [0.05, 0.1) is 22.7 Å². The normalized spacial score (nSPS) is 17.7. The van der Waals surface area contributed by atoms with Crippen LogP contribution < -0.4 is 9.04 Å². The first-order chi connectivity index (χ1) is 20.5. The van der Waals surface area contributed by atoms with Gasteiger partial charge in [-0.2, -0.15) is 13.2 Å². The molecule has 0 spiro atoms. The van der Waals surface area contributed by atoms with Crippen LogP contribution in [-0.4, -0.2) is 39.1 Å². The lowest BCUT2D eigenvalue weighted by molar-refractivity contribution is -0.137. The highest BCUT2D eigenvalue weighted by Gasteiger charge is 2.39.